The fourth-order valence-electron chi connectivity index (χ4n) is 3.13. The van der Waals surface area contributed by atoms with Crippen LogP contribution in [0.4, 0.5) is 11.4 Å². The Morgan fingerprint density at radius 1 is 0.839 bits per heavy atom. The molecule has 0 saturated heterocycles. The van der Waals surface area contributed by atoms with E-state index < -0.39 is 5.97 Å². The lowest BCUT2D eigenvalue weighted by Crippen LogP contribution is -2.17. The highest BCUT2D eigenvalue weighted by Crippen LogP contribution is 2.21. The van der Waals surface area contributed by atoms with Crippen molar-refractivity contribution in [3.05, 3.63) is 95.1 Å². The van der Waals surface area contributed by atoms with E-state index in [2.05, 4.69) is 15.4 Å². The molecular formula is C25H24N2O4. The molecule has 0 aromatic heterocycles. The predicted molar refractivity (Wildman–Crippen MR) is 120 cm³/mol. The summed E-state index contributed by atoms with van der Waals surface area (Å²) in [5.74, 6) is -0.776. The number of nitrogens with one attached hydrogen (secondary N) is 2. The maximum atomic E-state index is 12.6. The lowest BCUT2D eigenvalue weighted by atomic mass is 10.0. The number of carbonyl (C=O) groups is 3. The van der Waals surface area contributed by atoms with E-state index in [0.29, 0.717) is 34.5 Å². The summed E-state index contributed by atoms with van der Waals surface area (Å²) < 4.78 is 4.68. The van der Waals surface area contributed by atoms with Crippen LogP contribution in [0.2, 0.25) is 0 Å². The maximum absolute atomic E-state index is 12.6. The van der Waals surface area contributed by atoms with E-state index in [9.17, 15) is 14.4 Å². The molecule has 0 fully saturated rings. The van der Waals surface area contributed by atoms with Crippen LogP contribution in [0.1, 0.15) is 38.3 Å². The van der Waals surface area contributed by atoms with Crippen molar-refractivity contribution in [3.63, 3.8) is 0 Å². The molecule has 0 aliphatic heterocycles. The number of methoxy groups -OCH3 is 1. The van der Waals surface area contributed by atoms with Crippen LogP contribution in [-0.2, 0) is 16.0 Å². The van der Waals surface area contributed by atoms with Crippen LogP contribution in [0.25, 0.3) is 0 Å². The van der Waals surface area contributed by atoms with Crippen LogP contribution in [0.5, 0.6) is 0 Å². The molecule has 0 radical (unpaired) electrons. The van der Waals surface area contributed by atoms with Gasteiger partial charge in [0.1, 0.15) is 0 Å². The Labute approximate surface area is 181 Å². The van der Waals surface area contributed by atoms with Gasteiger partial charge < -0.3 is 15.4 Å². The molecule has 3 rings (SSSR count). The van der Waals surface area contributed by atoms with Crippen molar-refractivity contribution in [2.75, 3.05) is 17.7 Å². The topological polar surface area (TPSA) is 84.5 Å². The van der Waals surface area contributed by atoms with Crippen molar-refractivity contribution in [2.24, 2.45) is 0 Å². The second-order valence-electron chi connectivity index (χ2n) is 7.03. The van der Waals surface area contributed by atoms with Crippen molar-refractivity contribution in [3.8, 4) is 0 Å². The Morgan fingerprint density at radius 2 is 1.55 bits per heavy atom. The fourth-order valence-corrected chi connectivity index (χ4v) is 3.13. The fraction of sp³-hybridized carbons (Fsp3) is 0.160. The van der Waals surface area contributed by atoms with Crippen molar-refractivity contribution < 1.29 is 19.1 Å². The summed E-state index contributed by atoms with van der Waals surface area (Å²) in [7, 11) is 1.34. The molecule has 0 bridgehead atoms. The molecular weight excluding hydrogens is 392 g/mol. The molecule has 6 nitrogen and oxygen atoms in total. The first-order valence-electron chi connectivity index (χ1n) is 9.91. The Bertz CT molecular complexity index is 1080. The normalized spacial score (nSPS) is 10.3. The third kappa shape index (κ3) is 5.79. The number of esters is 1. The van der Waals surface area contributed by atoms with E-state index in [-0.39, 0.29) is 18.2 Å². The third-order valence-electron chi connectivity index (χ3n) is 4.90. The Kier molecular flexibility index (Phi) is 7.17. The first-order valence-corrected chi connectivity index (χ1v) is 9.91. The van der Waals surface area contributed by atoms with Gasteiger partial charge in [-0.1, -0.05) is 36.4 Å². The molecule has 0 aliphatic rings. The number of para-hydroxylation sites is 1. The molecule has 31 heavy (non-hydrogen) atoms. The van der Waals surface area contributed by atoms with Crippen LogP contribution < -0.4 is 10.6 Å². The second kappa shape index (κ2) is 10.2. The van der Waals surface area contributed by atoms with Crippen LogP contribution in [0.3, 0.4) is 0 Å². The molecule has 0 atom stereocenters. The van der Waals surface area contributed by atoms with Crippen LogP contribution in [0.15, 0.2) is 72.8 Å². The van der Waals surface area contributed by atoms with Gasteiger partial charge in [-0.2, -0.15) is 0 Å². The minimum absolute atomic E-state index is 0.152. The number of carbonyl (C=O) groups excluding carboxylic acids is 3. The smallest absolute Gasteiger partial charge is 0.337 e. The summed E-state index contributed by atoms with van der Waals surface area (Å²) in [5, 5.41) is 5.74. The predicted octanol–water partition coefficient (Wildman–Crippen LogP) is 4.61. The zero-order chi connectivity index (χ0) is 22.2. The molecule has 0 aliphatic carbocycles. The van der Waals surface area contributed by atoms with Gasteiger partial charge in [0, 0.05) is 23.4 Å². The number of anilines is 2. The summed E-state index contributed by atoms with van der Waals surface area (Å²) in [6.45, 7) is 1.81. The van der Waals surface area contributed by atoms with E-state index in [1.54, 1.807) is 49.4 Å². The number of hydrogen-bond donors (Lipinski definition) is 2. The molecule has 0 heterocycles. The minimum atomic E-state index is -0.393. The van der Waals surface area contributed by atoms with E-state index >= 15 is 0 Å². The number of hydrogen-bond acceptors (Lipinski definition) is 4. The monoisotopic (exact) mass is 416 g/mol. The molecule has 0 unspecified atom stereocenters. The molecule has 3 aromatic rings. The van der Waals surface area contributed by atoms with Gasteiger partial charge in [0.15, 0.2) is 0 Å². The SMILES string of the molecule is COC(=O)c1ccc(CCC(=O)Nc2cccc(C(=O)Nc3ccccc3)c2C)cc1. The Hall–Kier alpha value is -3.93. The van der Waals surface area contributed by atoms with Crippen molar-refractivity contribution in [1.29, 1.82) is 0 Å². The van der Waals surface area contributed by atoms with Crippen molar-refractivity contribution in [2.45, 2.75) is 19.8 Å². The van der Waals surface area contributed by atoms with Crippen molar-refractivity contribution >= 4 is 29.2 Å². The zero-order valence-corrected chi connectivity index (χ0v) is 17.5. The number of ether oxygens (including phenoxy) is 1. The van der Waals surface area contributed by atoms with Crippen LogP contribution >= 0.6 is 0 Å². The van der Waals surface area contributed by atoms with Gasteiger partial charge >= 0.3 is 5.97 Å². The molecule has 0 spiro atoms. The van der Waals surface area contributed by atoms with Gasteiger partial charge in [-0.3, -0.25) is 9.59 Å². The molecule has 158 valence electrons. The summed E-state index contributed by atoms with van der Waals surface area (Å²) >= 11 is 0. The second-order valence-corrected chi connectivity index (χ2v) is 7.03. The molecule has 2 N–H and O–H groups in total. The quantitative estimate of drug-likeness (QED) is 0.551. The third-order valence-corrected chi connectivity index (χ3v) is 4.90. The van der Waals surface area contributed by atoms with Gasteiger partial charge in [0.25, 0.3) is 5.91 Å². The average molecular weight is 416 g/mol. The van der Waals surface area contributed by atoms with Gasteiger partial charge in [0.2, 0.25) is 5.91 Å². The summed E-state index contributed by atoms with van der Waals surface area (Å²) in [4.78, 5) is 36.6. The van der Waals surface area contributed by atoms with E-state index in [0.717, 1.165) is 5.56 Å². The van der Waals surface area contributed by atoms with Gasteiger partial charge in [-0.05, 0) is 60.9 Å². The Morgan fingerprint density at radius 3 is 2.23 bits per heavy atom. The van der Waals surface area contributed by atoms with E-state index in [4.69, 9.17) is 0 Å². The van der Waals surface area contributed by atoms with Gasteiger partial charge in [-0.15, -0.1) is 0 Å². The van der Waals surface area contributed by atoms with E-state index in [1.807, 2.05) is 30.3 Å². The highest BCUT2D eigenvalue weighted by Gasteiger charge is 2.14. The first kappa shape index (κ1) is 21.8. The molecule has 3 aromatic carbocycles. The summed E-state index contributed by atoms with van der Waals surface area (Å²) in [6.07, 6.45) is 0.804. The molecule has 2 amide bonds. The standard InChI is InChI=1S/C25H24N2O4/c1-17-21(24(29)26-20-7-4-3-5-8-20)9-6-10-22(17)27-23(28)16-13-18-11-14-19(15-12-18)25(30)31-2/h3-12,14-15H,13,16H2,1-2H3,(H,26,29)(H,27,28). The van der Waals surface area contributed by atoms with Crippen LogP contribution in [0, 0.1) is 6.92 Å². The number of rotatable bonds is 7. The molecule has 0 saturated carbocycles. The maximum Gasteiger partial charge on any atom is 0.337 e. The molecule has 6 heteroatoms. The Balaban J connectivity index is 1.60. The number of benzene rings is 3. The summed E-state index contributed by atoms with van der Waals surface area (Å²) in [5.41, 5.74) is 3.92. The van der Waals surface area contributed by atoms with Crippen LogP contribution in [-0.4, -0.2) is 24.9 Å². The van der Waals surface area contributed by atoms with Crippen molar-refractivity contribution in [1.82, 2.24) is 0 Å². The first-order chi connectivity index (χ1) is 15.0. The van der Waals surface area contributed by atoms with E-state index in [1.165, 1.54) is 7.11 Å². The zero-order valence-electron chi connectivity index (χ0n) is 17.5. The number of aryl methyl sites for hydroxylation is 1. The van der Waals surface area contributed by atoms with Gasteiger partial charge in [-0.25, -0.2) is 4.79 Å². The lowest BCUT2D eigenvalue weighted by Gasteiger charge is -2.13. The lowest BCUT2D eigenvalue weighted by molar-refractivity contribution is -0.116. The highest BCUT2D eigenvalue weighted by molar-refractivity contribution is 6.06. The minimum Gasteiger partial charge on any atom is -0.465 e. The number of amides is 2. The summed E-state index contributed by atoms with van der Waals surface area (Å²) in [6, 6.07) is 21.4. The van der Waals surface area contributed by atoms with Gasteiger partial charge in [0.05, 0.1) is 12.7 Å². The highest BCUT2D eigenvalue weighted by atomic mass is 16.5. The largest absolute Gasteiger partial charge is 0.465 e. The average Bonchev–Trinajstić information content (AvgIpc) is 2.79.